The number of nitrogens with one attached hydrogen (secondary N) is 1. The number of carbonyl (C=O) groups is 2. The predicted octanol–water partition coefficient (Wildman–Crippen LogP) is -0.648. The van der Waals surface area contributed by atoms with Crippen molar-refractivity contribution in [2.24, 2.45) is 5.73 Å². The lowest BCUT2D eigenvalue weighted by atomic mass is 10.1. The van der Waals surface area contributed by atoms with Gasteiger partial charge in [-0.15, -0.1) is 0 Å². The molecule has 1 atom stereocenters. The minimum absolute atomic E-state index is 0.288. The van der Waals surface area contributed by atoms with Gasteiger partial charge in [0.15, 0.2) is 0 Å². The van der Waals surface area contributed by atoms with Crippen LogP contribution in [0.3, 0.4) is 0 Å². The van der Waals surface area contributed by atoms with Crippen LogP contribution in [0, 0.1) is 6.92 Å². The Kier molecular flexibility index (Phi) is 3.66. The van der Waals surface area contributed by atoms with Crippen molar-refractivity contribution in [3.63, 3.8) is 0 Å². The molecule has 1 unspecified atom stereocenters. The summed E-state index contributed by atoms with van der Waals surface area (Å²) in [5, 5.41) is 12.3. The molecule has 0 bridgehead atoms. The van der Waals surface area contributed by atoms with Gasteiger partial charge in [-0.05, 0) is 18.6 Å². The molecule has 2 rings (SSSR count). The first-order chi connectivity index (χ1) is 9.02. The van der Waals surface area contributed by atoms with Crippen molar-refractivity contribution in [2.45, 2.75) is 13.0 Å². The lowest BCUT2D eigenvalue weighted by Crippen LogP contribution is -2.55. The number of amides is 1. The molecule has 2 heterocycles. The second-order valence-corrected chi connectivity index (χ2v) is 4.44. The van der Waals surface area contributed by atoms with Crippen LogP contribution in [0.15, 0.2) is 12.3 Å². The first-order valence-corrected chi connectivity index (χ1v) is 5.98. The zero-order chi connectivity index (χ0) is 14.0. The topological polar surface area (TPSA) is 109 Å². The molecule has 7 nitrogen and oxygen atoms in total. The number of carbonyl (C=O) groups excluding carboxylic acids is 1. The van der Waals surface area contributed by atoms with Crippen LogP contribution in [-0.4, -0.2) is 47.6 Å². The molecule has 1 aliphatic heterocycles. The van der Waals surface area contributed by atoms with E-state index in [1.165, 1.54) is 0 Å². The number of hydrogen-bond acceptors (Lipinski definition) is 5. The molecule has 0 aliphatic carbocycles. The third kappa shape index (κ3) is 2.50. The highest BCUT2D eigenvalue weighted by atomic mass is 16.4. The highest BCUT2D eigenvalue weighted by Crippen LogP contribution is 2.23. The highest BCUT2D eigenvalue weighted by molar-refractivity contribution is 5.99. The lowest BCUT2D eigenvalue weighted by molar-refractivity contribution is -0.138. The molecular formula is C12H16N4O3. The molecule has 0 aromatic carbocycles. The van der Waals surface area contributed by atoms with Crippen LogP contribution in [0.2, 0.25) is 0 Å². The van der Waals surface area contributed by atoms with Gasteiger partial charge < -0.3 is 21.1 Å². The zero-order valence-electron chi connectivity index (χ0n) is 10.6. The van der Waals surface area contributed by atoms with E-state index in [0.717, 1.165) is 0 Å². The fraction of sp³-hybridized carbons (Fsp3) is 0.417. The Labute approximate surface area is 110 Å². The number of hydrogen-bond donors (Lipinski definition) is 3. The predicted molar refractivity (Wildman–Crippen MR) is 69.1 cm³/mol. The van der Waals surface area contributed by atoms with Crippen molar-refractivity contribution in [3.05, 3.63) is 23.4 Å². The largest absolute Gasteiger partial charge is 0.480 e. The zero-order valence-corrected chi connectivity index (χ0v) is 10.6. The Morgan fingerprint density at radius 2 is 2.32 bits per heavy atom. The van der Waals surface area contributed by atoms with Crippen molar-refractivity contribution in [1.82, 2.24) is 10.3 Å². The van der Waals surface area contributed by atoms with E-state index in [2.05, 4.69) is 10.3 Å². The summed E-state index contributed by atoms with van der Waals surface area (Å²) in [6, 6.07) is 0.933. The number of aryl methyl sites for hydroxylation is 1. The smallest absolute Gasteiger partial charge is 0.327 e. The molecular weight excluding hydrogens is 248 g/mol. The number of nitrogens with two attached hydrogens (primary N) is 1. The number of primary amides is 1. The third-order valence-electron chi connectivity index (χ3n) is 3.19. The number of rotatable bonds is 3. The number of anilines is 1. The molecule has 1 aromatic heterocycles. The van der Waals surface area contributed by atoms with E-state index in [0.29, 0.717) is 31.0 Å². The molecule has 4 N–H and O–H groups in total. The van der Waals surface area contributed by atoms with Gasteiger partial charge in [0.25, 0.3) is 5.91 Å². The van der Waals surface area contributed by atoms with Gasteiger partial charge in [0.2, 0.25) is 0 Å². The maximum Gasteiger partial charge on any atom is 0.327 e. The summed E-state index contributed by atoms with van der Waals surface area (Å²) in [5.74, 6) is -1.20. The summed E-state index contributed by atoms with van der Waals surface area (Å²) >= 11 is 0. The SMILES string of the molecule is Cc1ccnc(N2CCNCC2C(=O)O)c1C(N)=O. The number of carboxylic acid groups (broad SMARTS) is 1. The minimum Gasteiger partial charge on any atom is -0.480 e. The van der Waals surface area contributed by atoms with Crippen LogP contribution in [0.25, 0.3) is 0 Å². The molecule has 1 fully saturated rings. The van der Waals surface area contributed by atoms with Crippen molar-refractivity contribution < 1.29 is 14.7 Å². The third-order valence-corrected chi connectivity index (χ3v) is 3.19. The van der Waals surface area contributed by atoms with Gasteiger partial charge in [0.05, 0.1) is 5.56 Å². The molecule has 0 saturated carbocycles. The van der Waals surface area contributed by atoms with Crippen LogP contribution in [0.1, 0.15) is 15.9 Å². The monoisotopic (exact) mass is 264 g/mol. The summed E-state index contributed by atoms with van der Waals surface area (Å²) in [5.41, 5.74) is 6.36. The van der Waals surface area contributed by atoms with E-state index in [9.17, 15) is 14.7 Å². The van der Waals surface area contributed by atoms with Crippen LogP contribution in [0.5, 0.6) is 0 Å². The Hall–Kier alpha value is -2.15. The molecule has 1 aliphatic rings. The molecule has 1 aromatic rings. The number of pyridine rings is 1. The Morgan fingerprint density at radius 1 is 1.58 bits per heavy atom. The number of carboxylic acids is 1. The van der Waals surface area contributed by atoms with Gasteiger partial charge in [-0.3, -0.25) is 4.79 Å². The second-order valence-electron chi connectivity index (χ2n) is 4.44. The average Bonchev–Trinajstić information content (AvgIpc) is 2.37. The van der Waals surface area contributed by atoms with Crippen LogP contribution >= 0.6 is 0 Å². The van der Waals surface area contributed by atoms with E-state index in [1.807, 2.05) is 0 Å². The first-order valence-electron chi connectivity index (χ1n) is 5.98. The normalized spacial score (nSPS) is 19.2. The summed E-state index contributed by atoms with van der Waals surface area (Å²) in [6.45, 7) is 3.16. The van der Waals surface area contributed by atoms with Crippen molar-refractivity contribution in [2.75, 3.05) is 24.5 Å². The van der Waals surface area contributed by atoms with Crippen LogP contribution in [-0.2, 0) is 4.79 Å². The van der Waals surface area contributed by atoms with Gasteiger partial charge in [0, 0.05) is 25.8 Å². The lowest BCUT2D eigenvalue weighted by Gasteiger charge is -2.35. The molecule has 0 spiro atoms. The van der Waals surface area contributed by atoms with Gasteiger partial charge in [-0.1, -0.05) is 0 Å². The summed E-state index contributed by atoms with van der Waals surface area (Å²) in [6.07, 6.45) is 1.55. The van der Waals surface area contributed by atoms with Gasteiger partial charge in [0.1, 0.15) is 11.9 Å². The van der Waals surface area contributed by atoms with Gasteiger partial charge >= 0.3 is 5.97 Å². The standard InChI is InChI=1S/C12H16N4O3/c1-7-2-3-15-11(9(7)10(13)17)16-5-4-14-6-8(16)12(18)19/h2-3,8,14H,4-6H2,1H3,(H2,13,17)(H,18,19). The van der Waals surface area contributed by atoms with E-state index < -0.39 is 17.9 Å². The molecule has 7 heteroatoms. The summed E-state index contributed by atoms with van der Waals surface area (Å²) in [7, 11) is 0. The molecule has 102 valence electrons. The summed E-state index contributed by atoms with van der Waals surface area (Å²) < 4.78 is 0. The average molecular weight is 264 g/mol. The van der Waals surface area contributed by atoms with Gasteiger partial charge in [-0.2, -0.15) is 0 Å². The maximum atomic E-state index is 11.6. The quantitative estimate of drug-likeness (QED) is 0.669. The molecule has 19 heavy (non-hydrogen) atoms. The molecule has 1 saturated heterocycles. The minimum atomic E-state index is -0.953. The van der Waals surface area contributed by atoms with Crippen LogP contribution < -0.4 is 16.0 Å². The molecule has 1 amide bonds. The molecule has 0 radical (unpaired) electrons. The summed E-state index contributed by atoms with van der Waals surface area (Å²) in [4.78, 5) is 28.6. The fourth-order valence-electron chi connectivity index (χ4n) is 2.24. The van der Waals surface area contributed by atoms with E-state index >= 15 is 0 Å². The number of piperazine rings is 1. The number of aromatic nitrogens is 1. The number of aliphatic carboxylic acids is 1. The second kappa shape index (κ2) is 5.23. The van der Waals surface area contributed by atoms with Gasteiger partial charge in [-0.25, -0.2) is 9.78 Å². The maximum absolute atomic E-state index is 11.6. The van der Waals surface area contributed by atoms with E-state index in [-0.39, 0.29) is 5.56 Å². The van der Waals surface area contributed by atoms with E-state index in [4.69, 9.17) is 5.73 Å². The highest BCUT2D eigenvalue weighted by Gasteiger charge is 2.31. The van der Waals surface area contributed by atoms with Crippen LogP contribution in [0.4, 0.5) is 5.82 Å². The first kappa shape index (κ1) is 13.3. The number of nitrogens with zero attached hydrogens (tertiary/aromatic N) is 2. The Morgan fingerprint density at radius 3 is 2.95 bits per heavy atom. The fourth-order valence-corrected chi connectivity index (χ4v) is 2.24. The van der Waals surface area contributed by atoms with Crippen molar-refractivity contribution in [3.8, 4) is 0 Å². The Bertz CT molecular complexity index is 518. The van der Waals surface area contributed by atoms with Crippen molar-refractivity contribution >= 4 is 17.7 Å². The Balaban J connectivity index is 2.47. The van der Waals surface area contributed by atoms with Crippen molar-refractivity contribution in [1.29, 1.82) is 0 Å². The van der Waals surface area contributed by atoms with E-state index in [1.54, 1.807) is 24.1 Å².